The molecule has 4 rings (SSSR count). The van der Waals surface area contributed by atoms with E-state index >= 15 is 0 Å². The van der Waals surface area contributed by atoms with Crippen molar-refractivity contribution in [3.05, 3.63) is 65.0 Å². The number of hydrogen-bond acceptors (Lipinski definition) is 4. The van der Waals surface area contributed by atoms with E-state index in [2.05, 4.69) is 0 Å². The van der Waals surface area contributed by atoms with Gasteiger partial charge in [-0.15, -0.1) is 0 Å². The maximum Gasteiger partial charge on any atom is 0.231 e. The Bertz CT molecular complexity index is 900. The minimum atomic E-state index is -1.20. The fraction of sp³-hybridized carbons (Fsp3) is 0.300. The first-order valence-corrected chi connectivity index (χ1v) is 8.61. The molecule has 0 aromatic heterocycles. The topological polar surface area (TPSA) is 53.7 Å². The van der Waals surface area contributed by atoms with Crippen LogP contribution in [-0.2, 0) is 0 Å². The van der Waals surface area contributed by atoms with Gasteiger partial charge in [0, 0.05) is 24.1 Å². The summed E-state index contributed by atoms with van der Waals surface area (Å²) in [4.78, 5) is 0. The van der Waals surface area contributed by atoms with Crippen molar-refractivity contribution < 1.29 is 27.4 Å². The maximum absolute atomic E-state index is 14.0. The van der Waals surface area contributed by atoms with Crippen LogP contribution in [0.1, 0.15) is 24.3 Å². The van der Waals surface area contributed by atoms with Gasteiger partial charge in [0.05, 0.1) is 0 Å². The number of nitrogens with two attached hydrogens (primary N) is 1. The minimum absolute atomic E-state index is 0.105. The number of ether oxygens (including phenoxy) is 3. The van der Waals surface area contributed by atoms with Crippen LogP contribution in [-0.4, -0.2) is 19.4 Å². The molecule has 0 bridgehead atoms. The SMILES string of the molecule is N[C@@H]1CC(COc2ccc3c(c2)OCO3)=CC[C@H]1c1cc(F)c(F)cc1F. The van der Waals surface area contributed by atoms with Gasteiger partial charge in [-0.25, -0.2) is 13.2 Å². The molecule has 27 heavy (non-hydrogen) atoms. The first-order valence-electron chi connectivity index (χ1n) is 8.61. The van der Waals surface area contributed by atoms with Crippen molar-refractivity contribution in [2.45, 2.75) is 24.8 Å². The monoisotopic (exact) mass is 377 g/mol. The lowest BCUT2D eigenvalue weighted by Gasteiger charge is -2.29. The number of rotatable bonds is 4. The van der Waals surface area contributed by atoms with Crippen molar-refractivity contribution in [1.82, 2.24) is 0 Å². The van der Waals surface area contributed by atoms with Crippen LogP contribution < -0.4 is 19.9 Å². The Kier molecular flexibility index (Phi) is 4.70. The van der Waals surface area contributed by atoms with Gasteiger partial charge in [0.1, 0.15) is 18.2 Å². The third-order valence-electron chi connectivity index (χ3n) is 4.88. The normalized spacial score (nSPS) is 21.1. The molecule has 2 N–H and O–H groups in total. The van der Waals surface area contributed by atoms with E-state index in [1.165, 1.54) is 0 Å². The molecule has 7 heteroatoms. The highest BCUT2D eigenvalue weighted by Crippen LogP contribution is 2.36. The molecule has 0 radical (unpaired) electrons. The summed E-state index contributed by atoms with van der Waals surface area (Å²) in [6.45, 7) is 0.529. The van der Waals surface area contributed by atoms with Gasteiger partial charge in [-0.3, -0.25) is 0 Å². The smallest absolute Gasteiger partial charge is 0.231 e. The lowest BCUT2D eigenvalue weighted by atomic mass is 9.81. The van der Waals surface area contributed by atoms with E-state index in [0.29, 0.717) is 42.8 Å². The predicted octanol–water partition coefficient (Wildman–Crippen LogP) is 4.04. The molecule has 1 aliphatic carbocycles. The third-order valence-corrected chi connectivity index (χ3v) is 4.88. The number of fused-ring (bicyclic) bond motifs is 1. The van der Waals surface area contributed by atoms with Crippen molar-refractivity contribution >= 4 is 0 Å². The van der Waals surface area contributed by atoms with E-state index < -0.39 is 29.4 Å². The average molecular weight is 377 g/mol. The predicted molar refractivity (Wildman–Crippen MR) is 92.4 cm³/mol. The second kappa shape index (κ2) is 7.15. The van der Waals surface area contributed by atoms with Crippen LogP contribution in [0.4, 0.5) is 13.2 Å². The lowest BCUT2D eigenvalue weighted by Crippen LogP contribution is -2.33. The molecular weight excluding hydrogens is 359 g/mol. The zero-order valence-corrected chi connectivity index (χ0v) is 14.4. The summed E-state index contributed by atoms with van der Waals surface area (Å²) in [5, 5.41) is 0. The Hall–Kier alpha value is -2.67. The Labute approximate surface area is 154 Å². The lowest BCUT2D eigenvalue weighted by molar-refractivity contribution is 0.174. The second-order valence-corrected chi connectivity index (χ2v) is 6.66. The molecule has 2 atom stereocenters. The molecule has 0 saturated heterocycles. The Balaban J connectivity index is 1.43. The van der Waals surface area contributed by atoms with Crippen molar-refractivity contribution in [3.63, 3.8) is 0 Å². The first-order chi connectivity index (χ1) is 13.0. The van der Waals surface area contributed by atoms with Crippen LogP contribution in [0.3, 0.4) is 0 Å². The van der Waals surface area contributed by atoms with Gasteiger partial charge in [0.15, 0.2) is 23.1 Å². The number of benzene rings is 2. The number of hydrogen-bond donors (Lipinski definition) is 1. The fourth-order valence-corrected chi connectivity index (χ4v) is 3.44. The molecule has 0 unspecified atom stereocenters. The summed E-state index contributed by atoms with van der Waals surface area (Å²) < 4.78 is 57.0. The fourth-order valence-electron chi connectivity index (χ4n) is 3.44. The number of allylic oxidation sites excluding steroid dienone is 1. The second-order valence-electron chi connectivity index (χ2n) is 6.66. The summed E-state index contributed by atoms with van der Waals surface area (Å²) in [6.07, 6.45) is 2.83. The quantitative estimate of drug-likeness (QED) is 0.645. The zero-order chi connectivity index (χ0) is 19.0. The van der Waals surface area contributed by atoms with Gasteiger partial charge in [-0.05, 0) is 42.2 Å². The molecule has 2 aromatic rings. The Morgan fingerprint density at radius 1 is 1.00 bits per heavy atom. The highest BCUT2D eigenvalue weighted by molar-refractivity contribution is 5.47. The van der Waals surface area contributed by atoms with Gasteiger partial charge in [0.2, 0.25) is 6.79 Å². The van der Waals surface area contributed by atoms with E-state index in [0.717, 1.165) is 11.6 Å². The molecule has 2 aliphatic rings. The van der Waals surface area contributed by atoms with E-state index in [4.69, 9.17) is 19.9 Å². The van der Waals surface area contributed by atoms with Crippen LogP contribution in [0.5, 0.6) is 17.2 Å². The van der Waals surface area contributed by atoms with Gasteiger partial charge in [0.25, 0.3) is 0 Å². The molecule has 1 aliphatic heterocycles. The van der Waals surface area contributed by atoms with Crippen molar-refractivity contribution in [1.29, 1.82) is 0 Å². The molecule has 4 nitrogen and oxygen atoms in total. The molecule has 0 saturated carbocycles. The van der Waals surface area contributed by atoms with Crippen molar-refractivity contribution in [2.75, 3.05) is 13.4 Å². The summed E-state index contributed by atoms with van der Waals surface area (Å²) >= 11 is 0. The molecule has 1 heterocycles. The minimum Gasteiger partial charge on any atom is -0.489 e. The molecule has 142 valence electrons. The van der Waals surface area contributed by atoms with E-state index in [1.54, 1.807) is 18.2 Å². The van der Waals surface area contributed by atoms with Crippen LogP contribution in [0.25, 0.3) is 0 Å². The Morgan fingerprint density at radius 3 is 2.59 bits per heavy atom. The van der Waals surface area contributed by atoms with Gasteiger partial charge >= 0.3 is 0 Å². The molecular formula is C20H18F3NO3. The van der Waals surface area contributed by atoms with E-state index in [-0.39, 0.29) is 12.4 Å². The standard InChI is InChI=1S/C20H18F3NO3/c21-15-8-17(23)16(22)7-14(15)13-3-1-11(5-18(13)24)9-25-12-2-4-19-20(6-12)27-10-26-19/h1-2,4,6-8,13,18H,3,5,9-10,24H2/t13-,18+/m0/s1. The molecule has 0 spiro atoms. The van der Waals surface area contributed by atoms with Crippen LogP contribution in [0.15, 0.2) is 42.0 Å². The highest BCUT2D eigenvalue weighted by atomic mass is 19.2. The summed E-state index contributed by atoms with van der Waals surface area (Å²) in [5.41, 5.74) is 7.26. The van der Waals surface area contributed by atoms with E-state index in [9.17, 15) is 13.2 Å². The van der Waals surface area contributed by atoms with Gasteiger partial charge < -0.3 is 19.9 Å². The van der Waals surface area contributed by atoms with Crippen LogP contribution in [0, 0.1) is 17.5 Å². The average Bonchev–Trinajstić information content (AvgIpc) is 3.11. The third kappa shape index (κ3) is 3.60. The van der Waals surface area contributed by atoms with Gasteiger partial charge in [-0.1, -0.05) is 6.08 Å². The molecule has 2 aromatic carbocycles. The maximum atomic E-state index is 14.0. The summed E-state index contributed by atoms with van der Waals surface area (Å²) in [7, 11) is 0. The van der Waals surface area contributed by atoms with Gasteiger partial charge in [-0.2, -0.15) is 0 Å². The van der Waals surface area contributed by atoms with Crippen LogP contribution >= 0.6 is 0 Å². The number of halogens is 3. The zero-order valence-electron chi connectivity index (χ0n) is 14.4. The highest BCUT2D eigenvalue weighted by Gasteiger charge is 2.28. The van der Waals surface area contributed by atoms with Crippen LogP contribution in [0.2, 0.25) is 0 Å². The van der Waals surface area contributed by atoms with E-state index in [1.807, 2.05) is 6.08 Å². The first kappa shape index (κ1) is 17.7. The summed E-state index contributed by atoms with van der Waals surface area (Å²) in [6, 6.07) is 6.38. The van der Waals surface area contributed by atoms with Crippen molar-refractivity contribution in [3.8, 4) is 17.2 Å². The molecule has 0 fully saturated rings. The largest absolute Gasteiger partial charge is 0.489 e. The Morgan fingerprint density at radius 2 is 1.78 bits per heavy atom. The molecule has 0 amide bonds. The summed E-state index contributed by atoms with van der Waals surface area (Å²) in [5.74, 6) is -1.50. The van der Waals surface area contributed by atoms with Crippen molar-refractivity contribution in [2.24, 2.45) is 5.73 Å².